The van der Waals surface area contributed by atoms with Crippen LogP contribution in [0, 0.1) is 0 Å². The Balaban J connectivity index is 2.11. The molecule has 0 saturated heterocycles. The third-order valence-corrected chi connectivity index (χ3v) is 4.55. The second-order valence-electron chi connectivity index (χ2n) is 8.06. The fourth-order valence-corrected chi connectivity index (χ4v) is 3.25. The quantitative estimate of drug-likeness (QED) is 0.343. The molecule has 0 fully saturated rings. The second-order valence-corrected chi connectivity index (χ2v) is 8.06. The van der Waals surface area contributed by atoms with E-state index >= 15 is 0 Å². The molecule has 3 aromatic carbocycles. The van der Waals surface area contributed by atoms with Gasteiger partial charge < -0.3 is 9.47 Å². The van der Waals surface area contributed by atoms with Crippen LogP contribution in [0.15, 0.2) is 72.8 Å². The fraction of sp³-hybridized carbons (Fsp3) is 0.240. The largest absolute Gasteiger partial charge is 0.496 e. The topological polar surface area (TPSA) is 64.8 Å². The van der Waals surface area contributed by atoms with Gasteiger partial charge >= 0.3 is 6.09 Å². The Bertz CT molecular complexity index is 996. The zero-order chi connectivity index (χ0) is 21.7. The third-order valence-electron chi connectivity index (χ3n) is 4.55. The van der Waals surface area contributed by atoms with Crippen molar-refractivity contribution in [3.63, 3.8) is 0 Å². The van der Waals surface area contributed by atoms with Crippen LogP contribution in [0.3, 0.4) is 0 Å². The van der Waals surface area contributed by atoms with Gasteiger partial charge in [0.15, 0.2) is 0 Å². The first-order valence-corrected chi connectivity index (χ1v) is 9.86. The summed E-state index contributed by atoms with van der Waals surface area (Å²) in [6.45, 7) is 5.43. The van der Waals surface area contributed by atoms with Crippen LogP contribution in [0.1, 0.15) is 31.9 Å². The predicted octanol–water partition coefficient (Wildman–Crippen LogP) is 5.57. The van der Waals surface area contributed by atoms with E-state index in [1.165, 1.54) is 0 Å². The van der Waals surface area contributed by atoms with E-state index in [0.29, 0.717) is 12.1 Å². The van der Waals surface area contributed by atoms with Gasteiger partial charge in [0.25, 0.3) is 0 Å². The van der Waals surface area contributed by atoms with E-state index < -0.39 is 11.7 Å². The Morgan fingerprint density at radius 1 is 0.967 bits per heavy atom. The Kier molecular flexibility index (Phi) is 6.43. The highest BCUT2D eigenvalue weighted by molar-refractivity contribution is 5.89. The summed E-state index contributed by atoms with van der Waals surface area (Å²) < 4.78 is 11.2. The monoisotopic (exact) mass is 404 g/mol. The summed E-state index contributed by atoms with van der Waals surface area (Å²) in [5.41, 5.74) is 3.79. The molecule has 156 valence electrons. The number of benzene rings is 3. The molecular formula is C25H28N2O3. The van der Waals surface area contributed by atoms with E-state index in [-0.39, 0.29) is 0 Å². The van der Waals surface area contributed by atoms with Crippen molar-refractivity contribution in [2.45, 2.75) is 32.8 Å². The summed E-state index contributed by atoms with van der Waals surface area (Å²) >= 11 is 0. The highest BCUT2D eigenvalue weighted by Crippen LogP contribution is 2.38. The van der Waals surface area contributed by atoms with Crippen LogP contribution in [-0.2, 0) is 11.2 Å². The number of carbonyl (C=O) groups excluding carboxylic acids is 1. The zero-order valence-corrected chi connectivity index (χ0v) is 17.9. The molecule has 3 rings (SSSR count). The van der Waals surface area contributed by atoms with E-state index in [1.54, 1.807) is 7.11 Å². The molecule has 2 N–H and O–H groups in total. The van der Waals surface area contributed by atoms with Crippen molar-refractivity contribution in [2.24, 2.45) is 5.84 Å². The van der Waals surface area contributed by atoms with Crippen LogP contribution in [-0.4, -0.2) is 18.8 Å². The minimum Gasteiger partial charge on any atom is -0.496 e. The van der Waals surface area contributed by atoms with E-state index in [9.17, 15) is 4.79 Å². The molecule has 0 aliphatic carbocycles. The molecule has 0 unspecified atom stereocenters. The van der Waals surface area contributed by atoms with Gasteiger partial charge in [-0.3, -0.25) is 0 Å². The van der Waals surface area contributed by atoms with E-state index in [1.807, 2.05) is 81.4 Å². The van der Waals surface area contributed by atoms with Crippen molar-refractivity contribution in [1.82, 2.24) is 0 Å². The first-order chi connectivity index (χ1) is 14.3. The summed E-state index contributed by atoms with van der Waals surface area (Å²) in [5, 5.41) is 1.05. The normalized spacial score (nSPS) is 11.1. The average Bonchev–Trinajstić information content (AvgIpc) is 2.72. The van der Waals surface area contributed by atoms with Gasteiger partial charge in [-0.25, -0.2) is 15.6 Å². The number of anilines is 1. The van der Waals surface area contributed by atoms with E-state index in [4.69, 9.17) is 15.3 Å². The van der Waals surface area contributed by atoms with E-state index in [2.05, 4.69) is 12.1 Å². The maximum Gasteiger partial charge on any atom is 0.429 e. The number of hydrogen-bond donors (Lipinski definition) is 1. The molecule has 0 aromatic heterocycles. The molecule has 30 heavy (non-hydrogen) atoms. The van der Waals surface area contributed by atoms with Crippen molar-refractivity contribution >= 4 is 11.8 Å². The molecule has 0 radical (unpaired) electrons. The SMILES string of the molecule is COc1c(Cc2ccccc2)cc(N(N)C(=O)OC(C)(C)C)cc1-c1ccccc1. The Morgan fingerprint density at radius 3 is 2.13 bits per heavy atom. The number of ether oxygens (including phenoxy) is 2. The average molecular weight is 405 g/mol. The molecule has 0 spiro atoms. The van der Waals surface area contributed by atoms with Gasteiger partial charge in [0.1, 0.15) is 11.4 Å². The molecule has 0 bridgehead atoms. The van der Waals surface area contributed by atoms with Crippen molar-refractivity contribution in [3.8, 4) is 16.9 Å². The van der Waals surface area contributed by atoms with Gasteiger partial charge in [0, 0.05) is 17.5 Å². The Morgan fingerprint density at radius 2 is 1.57 bits per heavy atom. The third kappa shape index (κ3) is 5.19. The van der Waals surface area contributed by atoms with Gasteiger partial charge in [-0.15, -0.1) is 0 Å². The maximum absolute atomic E-state index is 12.6. The zero-order valence-electron chi connectivity index (χ0n) is 17.9. The van der Waals surface area contributed by atoms with Gasteiger partial charge in [0.2, 0.25) is 0 Å². The molecule has 5 nitrogen and oxygen atoms in total. The van der Waals surface area contributed by atoms with Crippen LogP contribution < -0.4 is 15.6 Å². The van der Waals surface area contributed by atoms with Crippen molar-refractivity contribution in [3.05, 3.63) is 83.9 Å². The lowest BCUT2D eigenvalue weighted by Gasteiger charge is -2.25. The first-order valence-electron chi connectivity index (χ1n) is 9.86. The summed E-state index contributed by atoms with van der Waals surface area (Å²) in [4.78, 5) is 12.6. The molecule has 5 heteroatoms. The molecule has 0 heterocycles. The number of carbonyl (C=O) groups is 1. The molecule has 0 aliphatic heterocycles. The summed E-state index contributed by atoms with van der Waals surface area (Å²) in [5.74, 6) is 6.92. The Labute approximate surface area is 178 Å². The minimum atomic E-state index is -0.643. The molecule has 0 atom stereocenters. The molecule has 3 aromatic rings. The summed E-state index contributed by atoms with van der Waals surface area (Å²) in [6.07, 6.45) is 0.0252. The lowest BCUT2D eigenvalue weighted by Crippen LogP contribution is -2.41. The fourth-order valence-electron chi connectivity index (χ4n) is 3.25. The number of methoxy groups -OCH3 is 1. The molecule has 0 aliphatic rings. The smallest absolute Gasteiger partial charge is 0.429 e. The first kappa shape index (κ1) is 21.4. The maximum atomic E-state index is 12.6. The van der Waals surface area contributed by atoms with Crippen molar-refractivity contribution < 1.29 is 14.3 Å². The minimum absolute atomic E-state index is 0.537. The van der Waals surface area contributed by atoms with Crippen molar-refractivity contribution in [2.75, 3.05) is 12.1 Å². The number of amides is 1. The Hall–Kier alpha value is -3.31. The van der Waals surface area contributed by atoms with Gasteiger partial charge in [-0.1, -0.05) is 60.7 Å². The second kappa shape index (κ2) is 9.01. The number of nitrogens with zero attached hydrogens (tertiary/aromatic N) is 1. The van der Waals surface area contributed by atoms with Crippen LogP contribution >= 0.6 is 0 Å². The highest BCUT2D eigenvalue weighted by Gasteiger charge is 2.23. The van der Waals surface area contributed by atoms with Gasteiger partial charge in [-0.2, -0.15) is 0 Å². The summed E-state index contributed by atoms with van der Waals surface area (Å²) in [6, 6.07) is 23.7. The van der Waals surface area contributed by atoms with E-state index in [0.717, 1.165) is 33.0 Å². The van der Waals surface area contributed by atoms with Gasteiger partial charge in [-0.05, 0) is 44.0 Å². The summed E-state index contributed by atoms with van der Waals surface area (Å²) in [7, 11) is 1.66. The molecular weight excluding hydrogens is 376 g/mol. The lowest BCUT2D eigenvalue weighted by molar-refractivity contribution is 0.0580. The lowest BCUT2D eigenvalue weighted by atomic mass is 9.96. The van der Waals surface area contributed by atoms with Gasteiger partial charge in [0.05, 0.1) is 12.8 Å². The molecule has 1 amide bonds. The van der Waals surface area contributed by atoms with Crippen LogP contribution in [0.25, 0.3) is 11.1 Å². The highest BCUT2D eigenvalue weighted by atomic mass is 16.6. The standard InChI is InChI=1S/C25H28N2O3/c1-25(2,3)30-24(28)27(26)21-16-20(15-18-11-7-5-8-12-18)23(29-4)22(17-21)19-13-9-6-10-14-19/h5-14,16-17H,15,26H2,1-4H3. The predicted molar refractivity (Wildman–Crippen MR) is 121 cm³/mol. The number of rotatable bonds is 5. The van der Waals surface area contributed by atoms with Crippen LogP contribution in [0.2, 0.25) is 0 Å². The molecule has 0 saturated carbocycles. The number of hydrogen-bond acceptors (Lipinski definition) is 4. The van der Waals surface area contributed by atoms with Crippen LogP contribution in [0.4, 0.5) is 10.5 Å². The number of nitrogens with two attached hydrogens (primary N) is 1. The number of hydrazine groups is 1. The van der Waals surface area contributed by atoms with Crippen molar-refractivity contribution in [1.29, 1.82) is 0 Å². The van der Waals surface area contributed by atoms with Crippen LogP contribution in [0.5, 0.6) is 5.75 Å².